The number of halogens is 5. The number of hydrogen-bond donors (Lipinski definition) is 1. The zero-order chi connectivity index (χ0) is 23.8. The van der Waals surface area contributed by atoms with Crippen LogP contribution in [0.2, 0.25) is 10.0 Å². The molecule has 0 bridgehead atoms. The maximum Gasteiger partial charge on any atom is 0.421 e. The Labute approximate surface area is 197 Å². The monoisotopic (exact) mass is 504 g/mol. The van der Waals surface area contributed by atoms with Crippen molar-refractivity contribution in [2.75, 3.05) is 44.2 Å². The van der Waals surface area contributed by atoms with Crippen molar-refractivity contribution in [3.05, 3.63) is 50.0 Å². The van der Waals surface area contributed by atoms with Gasteiger partial charge < -0.3 is 9.80 Å². The Hall–Kier alpha value is -2.37. The highest BCUT2D eigenvalue weighted by Gasteiger charge is 2.37. The summed E-state index contributed by atoms with van der Waals surface area (Å²) in [5.74, 6) is 0.495. The summed E-state index contributed by atoms with van der Waals surface area (Å²) < 4.78 is 39.4. The summed E-state index contributed by atoms with van der Waals surface area (Å²) in [5, 5.41) is 6.64. The lowest BCUT2D eigenvalue weighted by Crippen LogP contribution is -2.51. The van der Waals surface area contributed by atoms with E-state index in [-0.39, 0.29) is 18.1 Å². The number of alkyl halides is 3. The number of anilines is 1. The van der Waals surface area contributed by atoms with E-state index < -0.39 is 23.3 Å². The molecule has 0 saturated carbocycles. The van der Waals surface area contributed by atoms with Crippen LogP contribution in [0.4, 0.5) is 19.0 Å². The molecule has 178 valence electrons. The molecule has 1 atom stereocenters. The Kier molecular flexibility index (Phi) is 6.83. The number of piperazine rings is 1. The van der Waals surface area contributed by atoms with Crippen molar-refractivity contribution in [2.45, 2.75) is 25.1 Å². The predicted octanol–water partition coefficient (Wildman–Crippen LogP) is 2.98. The van der Waals surface area contributed by atoms with Gasteiger partial charge in [0.2, 0.25) is 5.91 Å². The number of H-pyrrole nitrogens is 1. The molecule has 2 fully saturated rings. The van der Waals surface area contributed by atoms with Crippen LogP contribution in [0.25, 0.3) is 0 Å². The molecular formula is C20H21Cl2F3N6O2. The van der Waals surface area contributed by atoms with Crippen LogP contribution >= 0.6 is 23.2 Å². The molecule has 1 N–H and O–H groups in total. The molecule has 0 spiro atoms. The second kappa shape index (κ2) is 9.47. The molecule has 0 radical (unpaired) electrons. The summed E-state index contributed by atoms with van der Waals surface area (Å²) in [6.45, 7) is 2.63. The Bertz CT molecular complexity index is 1090. The highest BCUT2D eigenvalue weighted by molar-refractivity contribution is 6.36. The molecular weight excluding hydrogens is 484 g/mol. The Morgan fingerprint density at radius 2 is 1.88 bits per heavy atom. The predicted molar refractivity (Wildman–Crippen MR) is 116 cm³/mol. The van der Waals surface area contributed by atoms with Crippen molar-refractivity contribution in [2.24, 2.45) is 0 Å². The first-order chi connectivity index (χ1) is 15.6. The lowest BCUT2D eigenvalue weighted by molar-refractivity contribution is -0.139. The average molecular weight is 505 g/mol. The SMILES string of the molecule is O=C(CN1CCCC1c1cc(C(F)(F)F)c(=O)[nH]n1)N1CCN(c2ncc(Cl)cc2Cl)CC1. The summed E-state index contributed by atoms with van der Waals surface area (Å²) in [5.41, 5.74) is -2.45. The normalized spacial score (nSPS) is 19.8. The fourth-order valence-electron chi connectivity index (χ4n) is 4.23. The lowest BCUT2D eigenvalue weighted by atomic mass is 10.1. The zero-order valence-electron chi connectivity index (χ0n) is 17.4. The summed E-state index contributed by atoms with van der Waals surface area (Å²) in [6, 6.07) is 1.93. The molecule has 1 unspecified atom stereocenters. The van der Waals surface area contributed by atoms with E-state index in [0.717, 1.165) is 6.07 Å². The van der Waals surface area contributed by atoms with E-state index in [0.29, 0.717) is 61.4 Å². The van der Waals surface area contributed by atoms with E-state index in [9.17, 15) is 22.8 Å². The molecule has 33 heavy (non-hydrogen) atoms. The highest BCUT2D eigenvalue weighted by atomic mass is 35.5. The van der Waals surface area contributed by atoms with Crippen molar-refractivity contribution in [3.8, 4) is 0 Å². The van der Waals surface area contributed by atoms with E-state index in [1.807, 2.05) is 14.9 Å². The minimum absolute atomic E-state index is 0.0623. The van der Waals surface area contributed by atoms with Crippen LogP contribution in [0.3, 0.4) is 0 Å². The maximum absolute atomic E-state index is 13.1. The number of nitrogens with zero attached hydrogens (tertiary/aromatic N) is 5. The molecule has 4 rings (SSSR count). The number of aromatic amines is 1. The van der Waals surface area contributed by atoms with Gasteiger partial charge in [0.1, 0.15) is 11.4 Å². The number of aromatic nitrogens is 3. The van der Waals surface area contributed by atoms with Crippen LogP contribution in [-0.4, -0.2) is 70.2 Å². The van der Waals surface area contributed by atoms with Gasteiger partial charge in [0.15, 0.2) is 0 Å². The first-order valence-corrected chi connectivity index (χ1v) is 11.1. The third-order valence-corrected chi connectivity index (χ3v) is 6.38. The number of amides is 1. The Morgan fingerprint density at radius 3 is 2.55 bits per heavy atom. The summed E-state index contributed by atoms with van der Waals surface area (Å²) >= 11 is 12.1. The van der Waals surface area contributed by atoms with Crippen molar-refractivity contribution in [1.29, 1.82) is 0 Å². The maximum atomic E-state index is 13.1. The molecule has 2 aromatic rings. The van der Waals surface area contributed by atoms with E-state index in [1.165, 1.54) is 6.20 Å². The smallest absolute Gasteiger partial charge is 0.352 e. The minimum atomic E-state index is -4.77. The topological polar surface area (TPSA) is 85.4 Å². The van der Waals surface area contributed by atoms with Crippen LogP contribution < -0.4 is 10.5 Å². The summed E-state index contributed by atoms with van der Waals surface area (Å²) in [4.78, 5) is 34.2. The van der Waals surface area contributed by atoms with E-state index in [4.69, 9.17) is 23.2 Å². The van der Waals surface area contributed by atoms with Crippen LogP contribution in [0.1, 0.15) is 30.1 Å². The van der Waals surface area contributed by atoms with Gasteiger partial charge in [-0.05, 0) is 31.5 Å². The van der Waals surface area contributed by atoms with E-state index in [2.05, 4.69) is 10.1 Å². The fourth-order valence-corrected chi connectivity index (χ4v) is 4.73. The van der Waals surface area contributed by atoms with Gasteiger partial charge in [0.25, 0.3) is 5.56 Å². The standard InChI is InChI=1S/C20H21Cl2F3N6O2/c21-12-8-14(22)18(26-10-12)30-6-4-29(5-7-30)17(32)11-31-3-1-2-16(31)15-9-13(20(23,24)25)19(33)28-27-15/h8-10,16H,1-7,11H2,(H,28,33). The van der Waals surface area contributed by atoms with Crippen molar-refractivity contribution < 1.29 is 18.0 Å². The molecule has 2 saturated heterocycles. The third-order valence-electron chi connectivity index (χ3n) is 5.89. The van der Waals surface area contributed by atoms with Gasteiger partial charge in [-0.3, -0.25) is 14.5 Å². The molecule has 4 heterocycles. The van der Waals surface area contributed by atoms with E-state index in [1.54, 1.807) is 11.0 Å². The molecule has 8 nitrogen and oxygen atoms in total. The second-order valence-electron chi connectivity index (χ2n) is 7.99. The van der Waals surface area contributed by atoms with Crippen LogP contribution in [-0.2, 0) is 11.0 Å². The van der Waals surface area contributed by atoms with Gasteiger partial charge in [0.05, 0.1) is 28.3 Å². The number of carbonyl (C=O) groups is 1. The fraction of sp³-hybridized carbons (Fsp3) is 0.500. The number of nitrogens with one attached hydrogen (secondary N) is 1. The van der Waals surface area contributed by atoms with E-state index >= 15 is 0 Å². The average Bonchev–Trinajstić information content (AvgIpc) is 3.21. The van der Waals surface area contributed by atoms with Gasteiger partial charge in [-0.2, -0.15) is 18.3 Å². The van der Waals surface area contributed by atoms with Gasteiger partial charge in [-0.1, -0.05) is 23.2 Å². The summed E-state index contributed by atoms with van der Waals surface area (Å²) in [6.07, 6.45) is -1.98. The number of carbonyl (C=O) groups excluding carboxylic acids is 1. The zero-order valence-corrected chi connectivity index (χ0v) is 18.9. The largest absolute Gasteiger partial charge is 0.421 e. The van der Waals surface area contributed by atoms with Gasteiger partial charge in [-0.25, -0.2) is 10.1 Å². The van der Waals surface area contributed by atoms with Gasteiger partial charge in [-0.15, -0.1) is 0 Å². The van der Waals surface area contributed by atoms with Crippen molar-refractivity contribution in [3.63, 3.8) is 0 Å². The summed E-state index contributed by atoms with van der Waals surface area (Å²) in [7, 11) is 0. The highest BCUT2D eigenvalue weighted by Crippen LogP contribution is 2.33. The number of hydrogen-bond acceptors (Lipinski definition) is 6. The quantitative estimate of drug-likeness (QED) is 0.688. The van der Waals surface area contributed by atoms with Gasteiger partial charge >= 0.3 is 6.18 Å². The lowest BCUT2D eigenvalue weighted by Gasteiger charge is -2.36. The van der Waals surface area contributed by atoms with Crippen molar-refractivity contribution in [1.82, 2.24) is 25.0 Å². The van der Waals surface area contributed by atoms with Crippen LogP contribution in [0, 0.1) is 0 Å². The molecule has 13 heteroatoms. The second-order valence-corrected chi connectivity index (χ2v) is 8.83. The molecule has 2 aliphatic heterocycles. The van der Waals surface area contributed by atoms with Crippen LogP contribution in [0.5, 0.6) is 0 Å². The van der Waals surface area contributed by atoms with Gasteiger partial charge in [0, 0.05) is 32.4 Å². The molecule has 2 aliphatic rings. The first-order valence-electron chi connectivity index (χ1n) is 10.4. The molecule has 1 amide bonds. The number of pyridine rings is 1. The van der Waals surface area contributed by atoms with Crippen LogP contribution in [0.15, 0.2) is 23.1 Å². The number of rotatable bonds is 4. The minimum Gasteiger partial charge on any atom is -0.352 e. The molecule has 0 aromatic carbocycles. The first kappa shape index (κ1) is 23.8. The number of likely N-dealkylation sites (tertiary alicyclic amines) is 1. The molecule has 0 aliphatic carbocycles. The Morgan fingerprint density at radius 1 is 1.15 bits per heavy atom. The molecule has 2 aromatic heterocycles. The van der Waals surface area contributed by atoms with Crippen molar-refractivity contribution >= 4 is 34.9 Å². The Balaban J connectivity index is 1.39. The third kappa shape index (κ3) is 5.25.